The smallest absolute Gasteiger partial charge is 0.0748 e. The average molecular weight is 262 g/mol. The van der Waals surface area contributed by atoms with Crippen molar-refractivity contribution in [2.75, 3.05) is 31.1 Å². The Morgan fingerprint density at radius 3 is 2.68 bits per heavy atom. The highest BCUT2D eigenvalue weighted by molar-refractivity contribution is 5.48. The molecule has 0 bridgehead atoms. The molecule has 2 atom stereocenters. The molecule has 2 rings (SSSR count). The molecule has 1 aromatic rings. The van der Waals surface area contributed by atoms with E-state index in [0.717, 1.165) is 32.7 Å². The van der Waals surface area contributed by atoms with Gasteiger partial charge in [0.15, 0.2) is 0 Å². The molecule has 0 aromatic heterocycles. The number of anilines is 1. The third kappa shape index (κ3) is 3.71. The molecule has 0 aliphatic carbocycles. The summed E-state index contributed by atoms with van der Waals surface area (Å²) in [6.07, 6.45) is 1.47. The molecule has 1 aromatic carbocycles. The Bertz CT molecular complexity index is 377. The number of nitrogens with zero attached hydrogens (tertiary/aromatic N) is 1. The molecular weight excluding hydrogens is 236 g/mol. The molecule has 1 heterocycles. The van der Waals surface area contributed by atoms with Crippen molar-refractivity contribution in [1.82, 2.24) is 5.32 Å². The van der Waals surface area contributed by atoms with E-state index in [1.54, 1.807) is 0 Å². The Morgan fingerprint density at radius 1 is 1.32 bits per heavy atom. The van der Waals surface area contributed by atoms with Crippen LogP contribution in [0.5, 0.6) is 0 Å². The van der Waals surface area contributed by atoms with Gasteiger partial charge in [0.1, 0.15) is 0 Å². The first-order valence-corrected chi connectivity index (χ1v) is 7.44. The lowest BCUT2D eigenvalue weighted by Crippen LogP contribution is -2.42. The quantitative estimate of drug-likeness (QED) is 0.883. The molecule has 3 heteroatoms. The van der Waals surface area contributed by atoms with Crippen LogP contribution < -0.4 is 10.2 Å². The van der Waals surface area contributed by atoms with Crippen molar-refractivity contribution in [1.29, 1.82) is 0 Å². The fraction of sp³-hybridized carbons (Fsp3) is 0.625. The minimum absolute atomic E-state index is 0.383. The van der Waals surface area contributed by atoms with Gasteiger partial charge in [-0.3, -0.25) is 0 Å². The van der Waals surface area contributed by atoms with Crippen LogP contribution in [-0.2, 0) is 4.74 Å². The molecule has 3 nitrogen and oxygen atoms in total. The van der Waals surface area contributed by atoms with Crippen molar-refractivity contribution in [2.45, 2.75) is 39.3 Å². The summed E-state index contributed by atoms with van der Waals surface area (Å²) >= 11 is 0. The second-order valence-corrected chi connectivity index (χ2v) is 5.22. The Kier molecular flexibility index (Phi) is 5.23. The second kappa shape index (κ2) is 6.92. The average Bonchev–Trinajstić information content (AvgIpc) is 2.48. The zero-order valence-electron chi connectivity index (χ0n) is 12.4. The van der Waals surface area contributed by atoms with Crippen LogP contribution in [0.25, 0.3) is 0 Å². The number of rotatable bonds is 5. The van der Waals surface area contributed by atoms with Crippen molar-refractivity contribution in [2.24, 2.45) is 0 Å². The number of hydrogen-bond acceptors (Lipinski definition) is 3. The van der Waals surface area contributed by atoms with E-state index >= 15 is 0 Å². The van der Waals surface area contributed by atoms with E-state index in [9.17, 15) is 0 Å². The van der Waals surface area contributed by atoms with Gasteiger partial charge in [0, 0.05) is 24.8 Å². The predicted octanol–water partition coefficient (Wildman–Crippen LogP) is 2.97. The summed E-state index contributed by atoms with van der Waals surface area (Å²) < 4.78 is 5.72. The Hall–Kier alpha value is -1.06. The van der Waals surface area contributed by atoms with Gasteiger partial charge in [0.05, 0.1) is 12.7 Å². The molecule has 1 fully saturated rings. The number of ether oxygens (including phenoxy) is 1. The molecule has 0 spiro atoms. The van der Waals surface area contributed by atoms with Crippen LogP contribution in [0.15, 0.2) is 24.3 Å². The predicted molar refractivity (Wildman–Crippen MR) is 80.8 cm³/mol. The van der Waals surface area contributed by atoms with Crippen molar-refractivity contribution >= 4 is 5.69 Å². The number of morpholine rings is 1. The van der Waals surface area contributed by atoms with Gasteiger partial charge in [-0.2, -0.15) is 0 Å². The maximum absolute atomic E-state index is 5.72. The van der Waals surface area contributed by atoms with Gasteiger partial charge in [-0.1, -0.05) is 26.0 Å². The standard InChI is InChI=1S/C16H26N2O/c1-4-16-12-18(10-11-19-16)15-8-6-14(7-9-15)13(3)17-5-2/h6-9,13,16-17H,4-5,10-12H2,1-3H3. The minimum atomic E-state index is 0.383. The van der Waals surface area contributed by atoms with Crippen LogP contribution in [-0.4, -0.2) is 32.3 Å². The van der Waals surface area contributed by atoms with Crippen LogP contribution in [0.1, 0.15) is 38.8 Å². The molecule has 1 saturated heterocycles. The van der Waals surface area contributed by atoms with E-state index in [-0.39, 0.29) is 0 Å². The maximum atomic E-state index is 5.72. The maximum Gasteiger partial charge on any atom is 0.0748 e. The Morgan fingerprint density at radius 2 is 2.05 bits per heavy atom. The van der Waals surface area contributed by atoms with Gasteiger partial charge >= 0.3 is 0 Å². The van der Waals surface area contributed by atoms with Crippen molar-refractivity contribution in [3.05, 3.63) is 29.8 Å². The van der Waals surface area contributed by atoms with E-state index in [0.29, 0.717) is 12.1 Å². The van der Waals surface area contributed by atoms with Gasteiger partial charge in [-0.15, -0.1) is 0 Å². The highest BCUT2D eigenvalue weighted by Gasteiger charge is 2.19. The normalized spacial score (nSPS) is 21.4. The van der Waals surface area contributed by atoms with Crippen LogP contribution in [0.4, 0.5) is 5.69 Å². The first-order valence-electron chi connectivity index (χ1n) is 7.44. The third-order valence-electron chi connectivity index (χ3n) is 3.86. The van der Waals surface area contributed by atoms with E-state index < -0.39 is 0 Å². The van der Waals surface area contributed by atoms with Gasteiger partial charge in [-0.05, 0) is 37.6 Å². The summed E-state index contributed by atoms with van der Waals surface area (Å²) in [6.45, 7) is 10.4. The lowest BCUT2D eigenvalue weighted by Gasteiger charge is -2.34. The SMILES string of the molecule is CCNC(C)c1ccc(N2CCOC(CC)C2)cc1. The van der Waals surface area contributed by atoms with Crippen molar-refractivity contribution in [3.8, 4) is 0 Å². The lowest BCUT2D eigenvalue weighted by atomic mass is 10.1. The van der Waals surface area contributed by atoms with E-state index in [4.69, 9.17) is 4.74 Å². The van der Waals surface area contributed by atoms with Gasteiger partial charge in [0.25, 0.3) is 0 Å². The summed E-state index contributed by atoms with van der Waals surface area (Å²) in [7, 11) is 0. The molecule has 19 heavy (non-hydrogen) atoms. The first-order chi connectivity index (χ1) is 9.24. The summed E-state index contributed by atoms with van der Waals surface area (Å²) in [5, 5.41) is 3.44. The van der Waals surface area contributed by atoms with Crippen LogP contribution in [0.3, 0.4) is 0 Å². The second-order valence-electron chi connectivity index (χ2n) is 5.22. The summed E-state index contributed by atoms with van der Waals surface area (Å²) in [5.74, 6) is 0. The Balaban J connectivity index is 2.01. The molecule has 0 saturated carbocycles. The minimum Gasteiger partial charge on any atom is -0.375 e. The highest BCUT2D eigenvalue weighted by Crippen LogP contribution is 2.21. The van der Waals surface area contributed by atoms with Gasteiger partial charge in [0.2, 0.25) is 0 Å². The molecule has 106 valence electrons. The van der Waals surface area contributed by atoms with E-state index in [1.165, 1.54) is 11.3 Å². The molecule has 2 unspecified atom stereocenters. The molecule has 0 radical (unpaired) electrons. The van der Waals surface area contributed by atoms with Crippen LogP contribution in [0.2, 0.25) is 0 Å². The third-order valence-corrected chi connectivity index (χ3v) is 3.86. The summed E-state index contributed by atoms with van der Waals surface area (Å²) in [4.78, 5) is 2.43. The molecule has 1 aliphatic rings. The largest absolute Gasteiger partial charge is 0.375 e. The Labute approximate surface area is 116 Å². The zero-order chi connectivity index (χ0) is 13.7. The summed E-state index contributed by atoms with van der Waals surface area (Å²) in [6, 6.07) is 9.37. The first kappa shape index (κ1) is 14.4. The fourth-order valence-electron chi connectivity index (χ4n) is 2.60. The molecule has 0 amide bonds. The molecule has 1 aliphatic heterocycles. The monoisotopic (exact) mass is 262 g/mol. The number of nitrogens with one attached hydrogen (secondary N) is 1. The van der Waals surface area contributed by atoms with Crippen LogP contribution in [0, 0.1) is 0 Å². The highest BCUT2D eigenvalue weighted by atomic mass is 16.5. The molecule has 1 N–H and O–H groups in total. The number of hydrogen-bond donors (Lipinski definition) is 1. The van der Waals surface area contributed by atoms with Gasteiger partial charge in [-0.25, -0.2) is 0 Å². The van der Waals surface area contributed by atoms with E-state index in [1.807, 2.05) is 0 Å². The summed E-state index contributed by atoms with van der Waals surface area (Å²) in [5.41, 5.74) is 2.67. The molecular formula is C16H26N2O. The van der Waals surface area contributed by atoms with Gasteiger partial charge < -0.3 is 15.0 Å². The lowest BCUT2D eigenvalue weighted by molar-refractivity contribution is 0.0384. The van der Waals surface area contributed by atoms with Crippen LogP contribution >= 0.6 is 0 Å². The topological polar surface area (TPSA) is 24.5 Å². The number of benzene rings is 1. The zero-order valence-corrected chi connectivity index (χ0v) is 12.4. The van der Waals surface area contributed by atoms with Crippen molar-refractivity contribution < 1.29 is 4.74 Å². The fourth-order valence-corrected chi connectivity index (χ4v) is 2.60. The van der Waals surface area contributed by atoms with Crippen molar-refractivity contribution in [3.63, 3.8) is 0 Å². The van der Waals surface area contributed by atoms with E-state index in [2.05, 4.69) is 55.3 Å².